The summed E-state index contributed by atoms with van der Waals surface area (Å²) in [5.41, 5.74) is 3.03. The molecule has 0 unspecified atom stereocenters. The first-order valence-corrected chi connectivity index (χ1v) is 11.5. The Kier molecular flexibility index (Phi) is 6.94. The van der Waals surface area contributed by atoms with E-state index < -0.39 is 32.3 Å². The third-order valence-corrected chi connectivity index (χ3v) is 8.42. The lowest BCUT2D eigenvalue weighted by Crippen LogP contribution is -2.30. The smallest absolute Gasteiger partial charge is 0.149 e. The van der Waals surface area contributed by atoms with Crippen LogP contribution in [0, 0.1) is 13.8 Å². The van der Waals surface area contributed by atoms with E-state index in [2.05, 4.69) is 0 Å². The molecule has 5 heteroatoms. The summed E-state index contributed by atoms with van der Waals surface area (Å²) in [6.07, 6.45) is -0.564. The van der Waals surface area contributed by atoms with Crippen LogP contribution in [-0.2, 0) is 26.3 Å². The highest BCUT2D eigenvalue weighted by Gasteiger charge is 2.35. The molecule has 28 heavy (non-hydrogen) atoms. The van der Waals surface area contributed by atoms with Crippen molar-refractivity contribution in [1.29, 1.82) is 0 Å². The van der Waals surface area contributed by atoms with Crippen LogP contribution in [0.4, 0.5) is 0 Å². The van der Waals surface area contributed by atoms with Crippen molar-refractivity contribution in [3.8, 4) is 0 Å². The van der Waals surface area contributed by atoms with Gasteiger partial charge in [-0.3, -0.25) is 8.42 Å². The largest absolute Gasteiger partial charge is 0.374 e. The number of hydrogen-bond acceptors (Lipinski definition) is 3. The summed E-state index contributed by atoms with van der Waals surface area (Å²) in [5.74, 6) is 0. The standard InChI is InChI=1S/C23H24O3S2/c1-17-9-13-20(14-10-17)27(24)23(22(26-3)19-7-5-4-6-8-19)28(25)21-15-11-18(2)12-16-21/h4-16,22-23H,1-3H3/t22-,27-,28-/m0/s1. The Morgan fingerprint density at radius 1 is 0.679 bits per heavy atom. The van der Waals surface area contributed by atoms with Gasteiger partial charge in [0.15, 0.2) is 0 Å². The first-order valence-electron chi connectivity index (χ1n) is 9.03. The molecule has 0 aliphatic heterocycles. The van der Waals surface area contributed by atoms with E-state index in [1.807, 2.05) is 92.7 Å². The molecule has 0 saturated heterocycles. The fourth-order valence-electron chi connectivity index (χ4n) is 2.96. The topological polar surface area (TPSA) is 43.4 Å². The number of hydrogen-bond donors (Lipinski definition) is 0. The zero-order valence-electron chi connectivity index (χ0n) is 16.2. The van der Waals surface area contributed by atoms with Gasteiger partial charge in [-0.25, -0.2) is 0 Å². The maximum atomic E-state index is 13.5. The summed E-state index contributed by atoms with van der Waals surface area (Å²) in [6, 6.07) is 24.6. The second-order valence-electron chi connectivity index (χ2n) is 6.66. The Hall–Kier alpha value is -2.08. The lowest BCUT2D eigenvalue weighted by Gasteiger charge is -2.25. The van der Waals surface area contributed by atoms with Crippen LogP contribution < -0.4 is 0 Å². The minimum atomic E-state index is -1.52. The van der Waals surface area contributed by atoms with E-state index >= 15 is 0 Å². The second kappa shape index (κ2) is 9.41. The predicted octanol–water partition coefficient (Wildman–Crippen LogP) is 4.93. The van der Waals surface area contributed by atoms with E-state index in [-0.39, 0.29) is 0 Å². The minimum Gasteiger partial charge on any atom is -0.374 e. The van der Waals surface area contributed by atoms with Crippen molar-refractivity contribution in [2.24, 2.45) is 0 Å². The molecule has 146 valence electrons. The van der Waals surface area contributed by atoms with Crippen LogP contribution in [0.3, 0.4) is 0 Å². The van der Waals surface area contributed by atoms with Crippen LogP contribution in [0.1, 0.15) is 22.8 Å². The Morgan fingerprint density at radius 2 is 1.11 bits per heavy atom. The van der Waals surface area contributed by atoms with Gasteiger partial charge >= 0.3 is 0 Å². The molecule has 0 fully saturated rings. The molecule has 3 aromatic rings. The van der Waals surface area contributed by atoms with Gasteiger partial charge in [0.25, 0.3) is 0 Å². The van der Waals surface area contributed by atoms with Crippen LogP contribution in [0.25, 0.3) is 0 Å². The average Bonchev–Trinajstić information content (AvgIpc) is 2.72. The van der Waals surface area contributed by atoms with Crippen LogP contribution in [0.5, 0.6) is 0 Å². The first-order chi connectivity index (χ1) is 13.5. The van der Waals surface area contributed by atoms with E-state index in [1.54, 1.807) is 7.11 Å². The van der Waals surface area contributed by atoms with Crippen molar-refractivity contribution in [3.05, 3.63) is 95.6 Å². The highest BCUT2D eigenvalue weighted by Crippen LogP contribution is 2.32. The SMILES string of the molecule is CO[C@@H](c1ccccc1)C([S@@](=O)c1ccc(C)cc1)[S@@](=O)c1ccc(C)cc1. The molecule has 0 bridgehead atoms. The van der Waals surface area contributed by atoms with Gasteiger partial charge in [0.05, 0.1) is 21.6 Å². The van der Waals surface area contributed by atoms with Gasteiger partial charge in [0.1, 0.15) is 10.7 Å². The predicted molar refractivity (Wildman–Crippen MR) is 115 cm³/mol. The first kappa shape index (κ1) is 20.6. The van der Waals surface area contributed by atoms with Crippen LogP contribution >= 0.6 is 0 Å². The van der Waals surface area contributed by atoms with Gasteiger partial charge in [0, 0.05) is 16.9 Å². The number of rotatable bonds is 7. The molecular formula is C23H24O3S2. The summed E-state index contributed by atoms with van der Waals surface area (Å²) in [5, 5.41) is 0. The van der Waals surface area contributed by atoms with E-state index in [9.17, 15) is 8.42 Å². The van der Waals surface area contributed by atoms with E-state index in [4.69, 9.17) is 4.74 Å². The minimum absolute atomic E-state index is 0.564. The molecule has 0 aliphatic carbocycles. The quantitative estimate of drug-likeness (QED) is 0.552. The second-order valence-corrected chi connectivity index (χ2v) is 10.1. The lowest BCUT2D eigenvalue weighted by atomic mass is 10.1. The molecular weight excluding hydrogens is 388 g/mol. The third-order valence-electron chi connectivity index (χ3n) is 4.56. The summed E-state index contributed by atoms with van der Waals surface area (Å²) >= 11 is 0. The molecule has 3 rings (SSSR count). The Bertz CT molecular complexity index is 894. The van der Waals surface area contributed by atoms with Crippen molar-refractivity contribution in [1.82, 2.24) is 0 Å². The zero-order valence-corrected chi connectivity index (χ0v) is 17.8. The Balaban J connectivity index is 2.06. The van der Waals surface area contributed by atoms with Crippen LogP contribution in [-0.4, -0.2) is 20.1 Å². The average molecular weight is 413 g/mol. The van der Waals surface area contributed by atoms with Crippen molar-refractivity contribution >= 4 is 21.6 Å². The Morgan fingerprint density at radius 3 is 1.50 bits per heavy atom. The third kappa shape index (κ3) is 4.66. The maximum Gasteiger partial charge on any atom is 0.149 e. The van der Waals surface area contributed by atoms with Crippen molar-refractivity contribution in [2.75, 3.05) is 7.11 Å². The lowest BCUT2D eigenvalue weighted by molar-refractivity contribution is 0.115. The molecule has 0 heterocycles. The fourth-order valence-corrected chi connectivity index (χ4v) is 6.60. The zero-order chi connectivity index (χ0) is 20.1. The van der Waals surface area contributed by atoms with Crippen LogP contribution in [0.15, 0.2) is 88.7 Å². The van der Waals surface area contributed by atoms with E-state index in [1.165, 1.54) is 0 Å². The van der Waals surface area contributed by atoms with Gasteiger partial charge in [-0.2, -0.15) is 0 Å². The number of benzene rings is 3. The van der Waals surface area contributed by atoms with Gasteiger partial charge in [-0.15, -0.1) is 0 Å². The van der Waals surface area contributed by atoms with Gasteiger partial charge < -0.3 is 4.74 Å². The van der Waals surface area contributed by atoms with Gasteiger partial charge in [-0.1, -0.05) is 65.7 Å². The van der Waals surface area contributed by atoms with Crippen molar-refractivity contribution in [2.45, 2.75) is 34.3 Å². The molecule has 0 aromatic heterocycles. The summed E-state index contributed by atoms with van der Waals surface area (Å²) in [4.78, 5) is 1.29. The molecule has 0 N–H and O–H groups in total. The van der Waals surface area contributed by atoms with E-state index in [0.717, 1.165) is 16.7 Å². The molecule has 0 aliphatic rings. The van der Waals surface area contributed by atoms with Gasteiger partial charge in [0.2, 0.25) is 0 Å². The number of methoxy groups -OCH3 is 1. The molecule has 3 nitrogen and oxygen atoms in total. The molecule has 0 saturated carbocycles. The number of aryl methyl sites for hydroxylation is 2. The van der Waals surface area contributed by atoms with E-state index in [0.29, 0.717) is 9.79 Å². The molecule has 0 amide bonds. The molecule has 0 spiro atoms. The molecule has 3 aromatic carbocycles. The van der Waals surface area contributed by atoms with Gasteiger partial charge in [-0.05, 0) is 43.7 Å². The fraction of sp³-hybridized carbons (Fsp3) is 0.217. The number of ether oxygens (including phenoxy) is 1. The Labute approximate surface area is 171 Å². The monoisotopic (exact) mass is 412 g/mol. The summed E-state index contributed by atoms with van der Waals surface area (Å²) in [6.45, 7) is 3.97. The molecule has 3 atom stereocenters. The normalized spacial score (nSPS) is 14.6. The maximum absolute atomic E-state index is 13.5. The molecule has 0 radical (unpaired) electrons. The van der Waals surface area contributed by atoms with Crippen molar-refractivity contribution in [3.63, 3.8) is 0 Å². The summed E-state index contributed by atoms with van der Waals surface area (Å²) < 4.78 is 32.1. The van der Waals surface area contributed by atoms with Crippen LogP contribution in [0.2, 0.25) is 0 Å². The highest BCUT2D eigenvalue weighted by atomic mass is 32.2. The summed E-state index contributed by atoms with van der Waals surface area (Å²) in [7, 11) is -1.47. The highest BCUT2D eigenvalue weighted by molar-refractivity contribution is 8.03. The van der Waals surface area contributed by atoms with Crippen molar-refractivity contribution < 1.29 is 13.2 Å².